The molecule has 0 aliphatic carbocycles. The molecule has 6 nitrogen and oxygen atoms in total. The molecule has 0 radical (unpaired) electrons. The molecule has 2 fully saturated rings. The summed E-state index contributed by atoms with van der Waals surface area (Å²) in [7, 11) is 0. The van der Waals surface area contributed by atoms with Crippen LogP contribution < -0.4 is 0 Å². The minimum absolute atomic E-state index is 0.00825. The molecule has 0 saturated carbocycles. The van der Waals surface area contributed by atoms with Gasteiger partial charge >= 0.3 is 6.03 Å². The molecule has 2 heterocycles. The van der Waals surface area contributed by atoms with E-state index in [9.17, 15) is 9.59 Å². The van der Waals surface area contributed by atoms with E-state index in [0.29, 0.717) is 6.54 Å². The summed E-state index contributed by atoms with van der Waals surface area (Å²) in [4.78, 5) is 31.1. The number of carbonyl (C=O) groups is 2. The summed E-state index contributed by atoms with van der Waals surface area (Å²) in [5.74, 6) is 0.230. The Bertz CT molecular complexity index is 637. The van der Waals surface area contributed by atoms with Gasteiger partial charge < -0.3 is 14.5 Å². The van der Waals surface area contributed by atoms with Crippen LogP contribution in [0.4, 0.5) is 4.79 Å². The first kappa shape index (κ1) is 19.8. The highest BCUT2D eigenvalue weighted by molar-refractivity contribution is 6.02. The van der Waals surface area contributed by atoms with Gasteiger partial charge in [-0.2, -0.15) is 0 Å². The summed E-state index contributed by atoms with van der Waals surface area (Å²) in [6, 6.07) is 9.72. The SMILES string of the molecule is CCOCCCN1CCC(N2C(=O)CN(Cc3ccccc3)C2=O)C(C)C1. The van der Waals surface area contributed by atoms with Gasteiger partial charge in [0.25, 0.3) is 5.91 Å². The van der Waals surface area contributed by atoms with Gasteiger partial charge in [0.1, 0.15) is 6.54 Å². The number of nitrogens with zero attached hydrogens (tertiary/aromatic N) is 3. The van der Waals surface area contributed by atoms with Crippen molar-refractivity contribution in [3.8, 4) is 0 Å². The Kier molecular flexibility index (Phi) is 6.85. The van der Waals surface area contributed by atoms with Gasteiger partial charge in [0.2, 0.25) is 0 Å². The summed E-state index contributed by atoms with van der Waals surface area (Å²) >= 11 is 0. The molecule has 0 bridgehead atoms. The number of hydrogen-bond acceptors (Lipinski definition) is 4. The summed E-state index contributed by atoms with van der Waals surface area (Å²) in [6.07, 6.45) is 1.88. The number of likely N-dealkylation sites (tertiary alicyclic amines) is 1. The van der Waals surface area contributed by atoms with E-state index < -0.39 is 0 Å². The molecule has 148 valence electrons. The van der Waals surface area contributed by atoms with Crippen LogP contribution in [-0.4, -0.2) is 72.1 Å². The predicted octanol–water partition coefficient (Wildman–Crippen LogP) is 2.59. The first-order chi connectivity index (χ1) is 13.1. The van der Waals surface area contributed by atoms with E-state index in [2.05, 4.69) is 11.8 Å². The second-order valence-corrected chi connectivity index (χ2v) is 7.57. The topological polar surface area (TPSA) is 53.1 Å². The van der Waals surface area contributed by atoms with Crippen LogP contribution in [0.5, 0.6) is 0 Å². The molecule has 1 aromatic carbocycles. The molecular formula is C21H31N3O3. The third kappa shape index (κ3) is 4.87. The largest absolute Gasteiger partial charge is 0.382 e. The van der Waals surface area contributed by atoms with Crippen LogP contribution in [-0.2, 0) is 16.1 Å². The highest BCUT2D eigenvalue weighted by Crippen LogP contribution is 2.27. The monoisotopic (exact) mass is 373 g/mol. The summed E-state index contributed by atoms with van der Waals surface area (Å²) in [5, 5.41) is 0. The standard InChI is InChI=1S/C21H31N3O3/c1-3-27-13-7-11-22-12-10-19(17(2)14-22)24-20(25)16-23(21(24)26)15-18-8-5-4-6-9-18/h4-6,8-9,17,19H,3,7,10-16H2,1-2H3. The molecule has 27 heavy (non-hydrogen) atoms. The summed E-state index contributed by atoms with van der Waals surface area (Å²) in [5.41, 5.74) is 1.05. The third-order valence-corrected chi connectivity index (χ3v) is 5.53. The molecule has 6 heteroatoms. The number of piperidine rings is 1. The van der Waals surface area contributed by atoms with Crippen molar-refractivity contribution in [3.05, 3.63) is 35.9 Å². The number of benzene rings is 1. The highest BCUT2D eigenvalue weighted by Gasteiger charge is 2.43. The van der Waals surface area contributed by atoms with Crippen molar-refractivity contribution in [1.29, 1.82) is 0 Å². The minimum Gasteiger partial charge on any atom is -0.382 e. The number of ether oxygens (including phenoxy) is 1. The van der Waals surface area contributed by atoms with Crippen molar-refractivity contribution < 1.29 is 14.3 Å². The maximum Gasteiger partial charge on any atom is 0.327 e. The van der Waals surface area contributed by atoms with E-state index in [-0.39, 0.29) is 30.4 Å². The molecule has 2 atom stereocenters. The Hall–Kier alpha value is -1.92. The average Bonchev–Trinajstić information content (AvgIpc) is 2.93. The second-order valence-electron chi connectivity index (χ2n) is 7.57. The van der Waals surface area contributed by atoms with Crippen LogP contribution in [0.3, 0.4) is 0 Å². The first-order valence-corrected chi connectivity index (χ1v) is 10.0. The van der Waals surface area contributed by atoms with Crippen LogP contribution in [0.2, 0.25) is 0 Å². The quantitative estimate of drug-likeness (QED) is 0.519. The van der Waals surface area contributed by atoms with Crippen LogP contribution in [0.25, 0.3) is 0 Å². The van der Waals surface area contributed by atoms with E-state index in [1.54, 1.807) is 4.90 Å². The van der Waals surface area contributed by atoms with Crippen molar-refractivity contribution in [2.24, 2.45) is 5.92 Å². The Morgan fingerprint density at radius 3 is 2.67 bits per heavy atom. The molecule has 2 aliphatic rings. The zero-order valence-electron chi connectivity index (χ0n) is 16.5. The highest BCUT2D eigenvalue weighted by atomic mass is 16.5. The van der Waals surface area contributed by atoms with Gasteiger partial charge in [-0.25, -0.2) is 4.79 Å². The van der Waals surface area contributed by atoms with E-state index >= 15 is 0 Å². The van der Waals surface area contributed by atoms with Crippen molar-refractivity contribution >= 4 is 11.9 Å². The first-order valence-electron chi connectivity index (χ1n) is 10.0. The van der Waals surface area contributed by atoms with E-state index in [4.69, 9.17) is 4.74 Å². The maximum absolute atomic E-state index is 12.9. The van der Waals surface area contributed by atoms with Gasteiger partial charge in [-0.15, -0.1) is 0 Å². The van der Waals surface area contributed by atoms with E-state index in [1.807, 2.05) is 37.3 Å². The van der Waals surface area contributed by atoms with Gasteiger partial charge in [0, 0.05) is 45.4 Å². The van der Waals surface area contributed by atoms with Gasteiger partial charge in [-0.3, -0.25) is 9.69 Å². The lowest BCUT2D eigenvalue weighted by Crippen LogP contribution is -2.52. The number of urea groups is 1. The Morgan fingerprint density at radius 1 is 1.19 bits per heavy atom. The van der Waals surface area contributed by atoms with Crippen LogP contribution >= 0.6 is 0 Å². The van der Waals surface area contributed by atoms with Crippen LogP contribution in [0.15, 0.2) is 30.3 Å². The fourth-order valence-corrected chi connectivity index (χ4v) is 4.16. The smallest absolute Gasteiger partial charge is 0.327 e. The molecule has 0 N–H and O–H groups in total. The Balaban J connectivity index is 1.55. The van der Waals surface area contributed by atoms with Gasteiger partial charge in [0.15, 0.2) is 0 Å². The molecule has 2 aliphatic heterocycles. The molecule has 0 spiro atoms. The van der Waals surface area contributed by atoms with Gasteiger partial charge in [-0.05, 0) is 31.2 Å². The number of hydrogen-bond donors (Lipinski definition) is 0. The zero-order chi connectivity index (χ0) is 19.2. The molecule has 1 aromatic rings. The lowest BCUT2D eigenvalue weighted by molar-refractivity contribution is -0.128. The van der Waals surface area contributed by atoms with Gasteiger partial charge in [0.05, 0.1) is 0 Å². The predicted molar refractivity (Wildman–Crippen MR) is 104 cm³/mol. The minimum atomic E-state index is -0.134. The van der Waals surface area contributed by atoms with E-state index in [1.165, 1.54) is 4.90 Å². The summed E-state index contributed by atoms with van der Waals surface area (Å²) < 4.78 is 5.41. The normalized spacial score (nSPS) is 24.1. The van der Waals surface area contributed by atoms with Crippen molar-refractivity contribution in [2.75, 3.05) is 39.4 Å². The lowest BCUT2D eigenvalue weighted by Gasteiger charge is -2.40. The number of imide groups is 1. The Labute approximate surface area is 162 Å². The number of carbonyl (C=O) groups excluding carboxylic acids is 2. The third-order valence-electron chi connectivity index (χ3n) is 5.53. The molecule has 2 unspecified atom stereocenters. The fourth-order valence-electron chi connectivity index (χ4n) is 4.16. The maximum atomic E-state index is 12.9. The molecule has 0 aromatic heterocycles. The second kappa shape index (κ2) is 9.33. The van der Waals surface area contributed by atoms with Crippen LogP contribution in [0, 0.1) is 5.92 Å². The van der Waals surface area contributed by atoms with Crippen molar-refractivity contribution in [2.45, 2.75) is 39.3 Å². The Morgan fingerprint density at radius 2 is 1.96 bits per heavy atom. The summed E-state index contributed by atoms with van der Waals surface area (Å²) in [6.45, 7) is 9.27. The average molecular weight is 373 g/mol. The van der Waals surface area contributed by atoms with Crippen LogP contribution in [0.1, 0.15) is 32.3 Å². The molecule has 2 saturated heterocycles. The van der Waals surface area contributed by atoms with Crippen molar-refractivity contribution in [1.82, 2.24) is 14.7 Å². The van der Waals surface area contributed by atoms with Crippen molar-refractivity contribution in [3.63, 3.8) is 0 Å². The number of rotatable bonds is 8. The fraction of sp³-hybridized carbons (Fsp3) is 0.619. The lowest BCUT2D eigenvalue weighted by atomic mass is 9.92. The zero-order valence-corrected chi connectivity index (χ0v) is 16.5. The molecule has 3 amide bonds. The number of amides is 3. The van der Waals surface area contributed by atoms with Gasteiger partial charge in [-0.1, -0.05) is 37.3 Å². The van der Waals surface area contributed by atoms with E-state index in [0.717, 1.165) is 51.3 Å². The molecule has 3 rings (SSSR count). The molecular weight excluding hydrogens is 342 g/mol.